The van der Waals surface area contributed by atoms with Crippen molar-refractivity contribution in [1.29, 1.82) is 0 Å². The number of ether oxygens (including phenoxy) is 1. The van der Waals surface area contributed by atoms with Gasteiger partial charge in [-0.3, -0.25) is 0 Å². The molecule has 0 aromatic heterocycles. The van der Waals surface area contributed by atoms with Crippen molar-refractivity contribution in [3.05, 3.63) is 64.7 Å². The van der Waals surface area contributed by atoms with Crippen molar-refractivity contribution >= 4 is 0 Å². The van der Waals surface area contributed by atoms with E-state index in [2.05, 4.69) is 45.0 Å². The molecule has 0 radical (unpaired) electrons. The molecule has 118 valence electrons. The molecule has 0 saturated heterocycles. The second kappa shape index (κ2) is 8.00. The Morgan fingerprint density at radius 3 is 2.41 bits per heavy atom. The van der Waals surface area contributed by atoms with Crippen LogP contribution < -0.4 is 0 Å². The molecular weight excluding hydrogens is 272 g/mol. The Kier molecular flexibility index (Phi) is 6.02. The number of hydrogen-bond acceptors (Lipinski definition) is 2. The molecule has 1 N–H and O–H groups in total. The van der Waals surface area contributed by atoms with Gasteiger partial charge in [0, 0.05) is 13.0 Å². The number of phenolic OH excluding ortho intramolecular Hbond substituents is 1. The minimum Gasteiger partial charge on any atom is -0.507 e. The molecule has 0 bridgehead atoms. The van der Waals surface area contributed by atoms with Gasteiger partial charge in [0.25, 0.3) is 0 Å². The highest BCUT2D eigenvalue weighted by Crippen LogP contribution is 2.32. The van der Waals surface area contributed by atoms with E-state index in [-0.39, 0.29) is 0 Å². The van der Waals surface area contributed by atoms with Crippen LogP contribution in [-0.4, -0.2) is 11.7 Å². The van der Waals surface area contributed by atoms with Crippen LogP contribution in [0.25, 0.3) is 0 Å². The number of rotatable bonds is 7. The lowest BCUT2D eigenvalue weighted by Gasteiger charge is -2.16. The quantitative estimate of drug-likeness (QED) is 0.726. The van der Waals surface area contributed by atoms with Gasteiger partial charge < -0.3 is 9.84 Å². The third kappa shape index (κ3) is 4.35. The fraction of sp³-hybridized carbons (Fsp3) is 0.400. The van der Waals surface area contributed by atoms with E-state index in [9.17, 15) is 5.11 Å². The highest BCUT2D eigenvalue weighted by molar-refractivity contribution is 5.47. The first-order valence-electron chi connectivity index (χ1n) is 8.08. The van der Waals surface area contributed by atoms with Crippen LogP contribution in [0.2, 0.25) is 0 Å². The molecule has 0 aliphatic heterocycles. The minimum absolute atomic E-state index is 0.292. The summed E-state index contributed by atoms with van der Waals surface area (Å²) in [6, 6.07) is 14.4. The average molecular weight is 298 g/mol. The molecular formula is C20H26O2. The topological polar surface area (TPSA) is 29.5 Å². The Labute approximate surface area is 133 Å². The van der Waals surface area contributed by atoms with Gasteiger partial charge in [-0.25, -0.2) is 0 Å². The van der Waals surface area contributed by atoms with Crippen molar-refractivity contribution in [3.63, 3.8) is 0 Å². The molecule has 22 heavy (non-hydrogen) atoms. The van der Waals surface area contributed by atoms with E-state index in [1.807, 2.05) is 18.2 Å². The molecule has 2 aromatic carbocycles. The van der Waals surface area contributed by atoms with E-state index < -0.39 is 0 Å². The van der Waals surface area contributed by atoms with E-state index in [4.69, 9.17) is 4.74 Å². The highest BCUT2D eigenvalue weighted by atomic mass is 16.5. The fourth-order valence-corrected chi connectivity index (χ4v) is 2.60. The van der Waals surface area contributed by atoms with Crippen molar-refractivity contribution in [3.8, 4) is 5.75 Å². The Morgan fingerprint density at radius 1 is 1.05 bits per heavy atom. The van der Waals surface area contributed by atoms with E-state index in [1.54, 1.807) is 0 Å². The van der Waals surface area contributed by atoms with E-state index in [0.717, 1.165) is 36.1 Å². The molecule has 0 spiro atoms. The standard InChI is InChI=1S/C20H26O2/c1-4-10-22-14-17-12-18(11-16-8-6-5-7-9-16)20(21)19(13-17)15(2)3/h5-9,12-13,15,21H,4,10-11,14H2,1-3H3. The van der Waals surface area contributed by atoms with Crippen LogP contribution in [0.1, 0.15) is 55.4 Å². The first-order chi connectivity index (χ1) is 10.6. The van der Waals surface area contributed by atoms with Gasteiger partial charge in [-0.2, -0.15) is 0 Å². The molecule has 2 nitrogen and oxygen atoms in total. The Balaban J connectivity index is 2.29. The molecule has 0 atom stereocenters. The van der Waals surface area contributed by atoms with Gasteiger partial charge in [0.05, 0.1) is 6.61 Å². The summed E-state index contributed by atoms with van der Waals surface area (Å²) < 4.78 is 5.67. The van der Waals surface area contributed by atoms with Crippen LogP contribution in [0.4, 0.5) is 0 Å². The Hall–Kier alpha value is -1.80. The van der Waals surface area contributed by atoms with Crippen molar-refractivity contribution in [1.82, 2.24) is 0 Å². The van der Waals surface area contributed by atoms with E-state index in [0.29, 0.717) is 18.3 Å². The lowest BCUT2D eigenvalue weighted by molar-refractivity contribution is 0.121. The minimum atomic E-state index is 0.292. The lowest BCUT2D eigenvalue weighted by atomic mass is 9.93. The van der Waals surface area contributed by atoms with Crippen molar-refractivity contribution in [2.75, 3.05) is 6.61 Å². The summed E-state index contributed by atoms with van der Waals surface area (Å²) in [5.41, 5.74) is 4.33. The smallest absolute Gasteiger partial charge is 0.122 e. The fourth-order valence-electron chi connectivity index (χ4n) is 2.60. The van der Waals surface area contributed by atoms with Gasteiger partial charge in [0.15, 0.2) is 0 Å². The van der Waals surface area contributed by atoms with Crippen LogP contribution in [0.3, 0.4) is 0 Å². The zero-order chi connectivity index (χ0) is 15.9. The van der Waals surface area contributed by atoms with Gasteiger partial charge in [-0.1, -0.05) is 51.1 Å². The van der Waals surface area contributed by atoms with Crippen molar-refractivity contribution in [2.24, 2.45) is 0 Å². The summed E-state index contributed by atoms with van der Waals surface area (Å²) in [5, 5.41) is 10.6. The zero-order valence-electron chi connectivity index (χ0n) is 13.8. The maximum Gasteiger partial charge on any atom is 0.122 e. The number of hydrogen-bond donors (Lipinski definition) is 1. The predicted octanol–water partition coefficient (Wildman–Crippen LogP) is 5.03. The van der Waals surface area contributed by atoms with Crippen LogP contribution >= 0.6 is 0 Å². The van der Waals surface area contributed by atoms with Gasteiger partial charge in [-0.15, -0.1) is 0 Å². The maximum absolute atomic E-state index is 10.6. The summed E-state index contributed by atoms with van der Waals surface area (Å²) in [6.07, 6.45) is 1.76. The molecule has 0 fully saturated rings. The van der Waals surface area contributed by atoms with E-state index in [1.165, 1.54) is 5.56 Å². The third-order valence-electron chi connectivity index (χ3n) is 3.75. The molecule has 0 unspecified atom stereocenters. The third-order valence-corrected chi connectivity index (χ3v) is 3.75. The largest absolute Gasteiger partial charge is 0.507 e. The highest BCUT2D eigenvalue weighted by Gasteiger charge is 2.13. The summed E-state index contributed by atoms with van der Waals surface area (Å²) in [5.74, 6) is 0.721. The normalized spacial score (nSPS) is 11.1. The molecule has 2 heteroatoms. The van der Waals surface area contributed by atoms with Crippen LogP contribution in [0.15, 0.2) is 42.5 Å². The summed E-state index contributed by atoms with van der Waals surface area (Å²) >= 11 is 0. The maximum atomic E-state index is 10.6. The van der Waals surface area contributed by atoms with Gasteiger partial charge in [0.1, 0.15) is 5.75 Å². The molecule has 2 aromatic rings. The van der Waals surface area contributed by atoms with Gasteiger partial charge in [0.2, 0.25) is 0 Å². The molecule has 0 aliphatic carbocycles. The number of phenols is 1. The molecule has 0 amide bonds. The van der Waals surface area contributed by atoms with Crippen molar-refractivity contribution < 1.29 is 9.84 Å². The van der Waals surface area contributed by atoms with Crippen molar-refractivity contribution in [2.45, 2.75) is 46.1 Å². The molecule has 0 heterocycles. The summed E-state index contributed by atoms with van der Waals surface area (Å²) in [6.45, 7) is 7.70. The number of benzene rings is 2. The summed E-state index contributed by atoms with van der Waals surface area (Å²) in [7, 11) is 0. The van der Waals surface area contributed by atoms with Crippen LogP contribution in [-0.2, 0) is 17.8 Å². The van der Waals surface area contributed by atoms with Gasteiger partial charge in [-0.05, 0) is 46.7 Å². The second-order valence-electron chi connectivity index (χ2n) is 6.06. The SMILES string of the molecule is CCCOCc1cc(Cc2ccccc2)c(O)c(C(C)C)c1. The molecule has 0 aliphatic rings. The summed E-state index contributed by atoms with van der Waals surface area (Å²) in [4.78, 5) is 0. The first-order valence-corrected chi connectivity index (χ1v) is 8.08. The average Bonchev–Trinajstić information content (AvgIpc) is 2.51. The number of aromatic hydroxyl groups is 1. The Bertz CT molecular complexity index is 588. The monoisotopic (exact) mass is 298 g/mol. The predicted molar refractivity (Wildman–Crippen MR) is 91.4 cm³/mol. The first kappa shape index (κ1) is 16.6. The van der Waals surface area contributed by atoms with Gasteiger partial charge >= 0.3 is 0 Å². The lowest BCUT2D eigenvalue weighted by Crippen LogP contribution is -2.00. The van der Waals surface area contributed by atoms with Crippen LogP contribution in [0.5, 0.6) is 5.75 Å². The Morgan fingerprint density at radius 2 is 1.77 bits per heavy atom. The second-order valence-corrected chi connectivity index (χ2v) is 6.06. The van der Waals surface area contributed by atoms with Crippen LogP contribution in [0, 0.1) is 0 Å². The van der Waals surface area contributed by atoms with E-state index >= 15 is 0 Å². The molecule has 0 saturated carbocycles. The molecule has 2 rings (SSSR count). The zero-order valence-corrected chi connectivity index (χ0v) is 13.8.